The minimum atomic E-state index is -2.35. The lowest BCUT2D eigenvalue weighted by Crippen LogP contribution is -2.29. The molecule has 1 unspecified atom stereocenters. The highest BCUT2D eigenvalue weighted by Gasteiger charge is 2.24. The number of hydrogen-bond acceptors (Lipinski definition) is 5. The van der Waals surface area contributed by atoms with Crippen molar-refractivity contribution in [3.05, 3.63) is 37.3 Å². The van der Waals surface area contributed by atoms with Crippen LogP contribution in [0.5, 0.6) is 5.75 Å². The number of fused-ring (bicyclic) bond motifs is 1. The summed E-state index contributed by atoms with van der Waals surface area (Å²) in [5.74, 6) is 0.153. The number of nitrogens with one attached hydrogen (secondary N) is 2. The summed E-state index contributed by atoms with van der Waals surface area (Å²) in [7, 11) is -2.35. The zero-order chi connectivity index (χ0) is 14.7. The second kappa shape index (κ2) is 6.30. The van der Waals surface area contributed by atoms with Crippen LogP contribution < -0.4 is 15.6 Å². The van der Waals surface area contributed by atoms with Crippen LogP contribution >= 0.6 is 24.2 Å². The van der Waals surface area contributed by atoms with Gasteiger partial charge in [-0.3, -0.25) is 9.59 Å². The van der Waals surface area contributed by atoms with Crippen LogP contribution in [0.25, 0.3) is 11.0 Å². The van der Waals surface area contributed by atoms with E-state index in [4.69, 9.17) is 9.05 Å². The van der Waals surface area contributed by atoms with Gasteiger partial charge in [-0.05, 0) is 12.5 Å². The van der Waals surface area contributed by atoms with Crippen LogP contribution in [0.1, 0.15) is 13.3 Å². The zero-order valence-corrected chi connectivity index (χ0v) is 12.9. The summed E-state index contributed by atoms with van der Waals surface area (Å²) in [6.07, 6.45) is 0.702. The van der Waals surface area contributed by atoms with Gasteiger partial charge in [-0.25, -0.2) is 4.52 Å². The van der Waals surface area contributed by atoms with Crippen LogP contribution in [-0.2, 0) is 9.09 Å². The minimum absolute atomic E-state index is 0.153. The van der Waals surface area contributed by atoms with Crippen molar-refractivity contribution < 1.29 is 13.6 Å². The molecule has 1 heterocycles. The molecule has 0 aliphatic rings. The molecule has 0 bridgehead atoms. The highest BCUT2D eigenvalue weighted by molar-refractivity contribution is 9.10. The summed E-state index contributed by atoms with van der Waals surface area (Å²) < 4.78 is 22.3. The second-order valence-corrected chi connectivity index (χ2v) is 5.69. The van der Waals surface area contributed by atoms with Gasteiger partial charge in [-0.15, -0.1) is 4.52 Å². The molecule has 1 aromatic carbocycles. The van der Waals surface area contributed by atoms with Crippen LogP contribution in [0.3, 0.4) is 0 Å². The molecule has 0 fully saturated rings. The van der Waals surface area contributed by atoms with E-state index in [1.807, 2.05) is 6.92 Å². The Bertz CT molecular complexity index is 769. The third-order valence-corrected chi connectivity index (χ3v) is 3.53. The van der Waals surface area contributed by atoms with Crippen molar-refractivity contribution in [1.82, 2.24) is 9.97 Å². The van der Waals surface area contributed by atoms with Crippen molar-refractivity contribution in [2.24, 2.45) is 0 Å². The summed E-state index contributed by atoms with van der Waals surface area (Å²) in [6.45, 7) is 2.17. The van der Waals surface area contributed by atoms with Crippen LogP contribution in [0.2, 0.25) is 0 Å². The van der Waals surface area contributed by atoms with Crippen molar-refractivity contribution in [3.8, 4) is 5.75 Å². The molecule has 0 amide bonds. The monoisotopic (exact) mass is 361 g/mol. The highest BCUT2D eigenvalue weighted by atomic mass is 79.9. The molecule has 0 saturated heterocycles. The van der Waals surface area contributed by atoms with E-state index in [0.717, 1.165) is 0 Å². The Labute approximate surface area is 122 Å². The number of halogens is 1. The van der Waals surface area contributed by atoms with Crippen molar-refractivity contribution in [3.63, 3.8) is 0 Å². The predicted molar refractivity (Wildman–Crippen MR) is 77.4 cm³/mol. The number of rotatable bonds is 5. The molecule has 106 valence electrons. The predicted octanol–water partition coefficient (Wildman–Crippen LogP) is 2.44. The molecule has 2 aromatic rings. The lowest BCUT2D eigenvalue weighted by atomic mass is 10.3. The van der Waals surface area contributed by atoms with Gasteiger partial charge in [0.25, 0.3) is 0 Å². The average molecular weight is 362 g/mol. The fourth-order valence-corrected chi connectivity index (χ4v) is 2.63. The van der Waals surface area contributed by atoms with Crippen LogP contribution in [0.4, 0.5) is 0 Å². The van der Waals surface area contributed by atoms with Gasteiger partial charge in [0.05, 0.1) is 5.52 Å². The van der Waals surface area contributed by atoms with Crippen molar-refractivity contribution >= 4 is 35.2 Å². The minimum Gasteiger partial charge on any atom is -0.316 e. The van der Waals surface area contributed by atoms with Crippen molar-refractivity contribution in [1.29, 1.82) is 0 Å². The van der Waals surface area contributed by atoms with Gasteiger partial charge < -0.3 is 9.97 Å². The third-order valence-electron chi connectivity index (χ3n) is 2.33. The Balaban J connectivity index is 2.47. The number of benzene rings is 1. The topological polar surface area (TPSA) is 101 Å². The molecule has 7 nitrogen and oxygen atoms in total. The second-order valence-electron chi connectivity index (χ2n) is 3.88. The molecule has 2 N–H and O–H groups in total. The first-order valence-corrected chi connectivity index (χ1v) is 7.64. The van der Waals surface area contributed by atoms with Gasteiger partial charge in [-0.2, -0.15) is 0 Å². The summed E-state index contributed by atoms with van der Waals surface area (Å²) in [5.41, 5.74) is -0.971. The average Bonchev–Trinajstić information content (AvgIpc) is 2.38. The van der Waals surface area contributed by atoms with Gasteiger partial charge >= 0.3 is 19.4 Å². The van der Waals surface area contributed by atoms with E-state index >= 15 is 0 Å². The first-order valence-electron chi connectivity index (χ1n) is 5.75. The van der Waals surface area contributed by atoms with Crippen LogP contribution in [0.15, 0.2) is 26.2 Å². The molecule has 0 aliphatic carbocycles. The fourth-order valence-electron chi connectivity index (χ4n) is 1.50. The lowest BCUT2D eigenvalue weighted by Gasteiger charge is -2.01. The van der Waals surface area contributed by atoms with E-state index in [1.54, 1.807) is 6.07 Å². The Morgan fingerprint density at radius 2 is 1.95 bits per heavy atom. The first kappa shape index (κ1) is 14.9. The number of H-pyrrole nitrogens is 2. The number of aromatic nitrogens is 2. The molecule has 1 atom stereocenters. The molecule has 20 heavy (non-hydrogen) atoms. The molecular weight excluding hydrogens is 351 g/mol. The zero-order valence-electron chi connectivity index (χ0n) is 10.4. The molecule has 0 aliphatic heterocycles. The van der Waals surface area contributed by atoms with Gasteiger partial charge in [0.2, 0.25) is 5.75 Å². The summed E-state index contributed by atoms with van der Waals surface area (Å²) in [5, 5.41) is 0. The Morgan fingerprint density at radius 3 is 2.65 bits per heavy atom. The summed E-state index contributed by atoms with van der Waals surface area (Å²) >= 11 is 3.24. The van der Waals surface area contributed by atoms with Gasteiger partial charge in [-0.1, -0.05) is 22.9 Å². The van der Waals surface area contributed by atoms with Gasteiger partial charge in [0, 0.05) is 15.1 Å². The molecular formula is C11H11BrN2O5P+. The van der Waals surface area contributed by atoms with Crippen molar-refractivity contribution in [2.45, 2.75) is 13.3 Å². The van der Waals surface area contributed by atoms with E-state index in [9.17, 15) is 14.2 Å². The maximum Gasteiger partial charge on any atom is 0.750 e. The standard InChI is InChI=1S/C11H10BrN2O5P/c1-2-3-18-20(17)19-8-5-6(12)4-7-9(8)14-11(16)10(15)13-7/h4-5H,2-3H2,1H3,(H-,13,14,15,16)/p+1. The summed E-state index contributed by atoms with van der Waals surface area (Å²) in [4.78, 5) is 27.4. The van der Waals surface area contributed by atoms with Crippen molar-refractivity contribution in [2.75, 3.05) is 6.61 Å². The highest BCUT2D eigenvalue weighted by Crippen LogP contribution is 2.34. The Hall–Kier alpha value is -1.50. The van der Waals surface area contributed by atoms with E-state index in [0.29, 0.717) is 23.0 Å². The molecule has 0 spiro atoms. The molecule has 9 heteroatoms. The number of aromatic amines is 2. The third kappa shape index (κ3) is 3.33. The molecule has 2 rings (SSSR count). The van der Waals surface area contributed by atoms with E-state index in [-0.39, 0.29) is 11.3 Å². The Morgan fingerprint density at radius 1 is 1.25 bits per heavy atom. The van der Waals surface area contributed by atoms with Gasteiger partial charge in [0.15, 0.2) is 0 Å². The lowest BCUT2D eigenvalue weighted by molar-refractivity contribution is 0.287. The summed E-state index contributed by atoms with van der Waals surface area (Å²) in [6, 6.07) is 3.12. The van der Waals surface area contributed by atoms with Crippen LogP contribution in [0, 0.1) is 0 Å². The SMILES string of the molecule is CCCO[P+](=O)Oc1cc(Br)cc2[nH]c(=O)c(=O)[nH]c12. The van der Waals surface area contributed by atoms with Crippen LogP contribution in [-0.4, -0.2) is 16.6 Å². The quantitative estimate of drug-likeness (QED) is 0.629. The van der Waals surface area contributed by atoms with E-state index < -0.39 is 19.4 Å². The fraction of sp³-hybridized carbons (Fsp3) is 0.273. The van der Waals surface area contributed by atoms with E-state index in [1.165, 1.54) is 6.07 Å². The molecule has 1 aromatic heterocycles. The van der Waals surface area contributed by atoms with E-state index in [2.05, 4.69) is 25.9 Å². The Kier molecular flexibility index (Phi) is 4.69. The smallest absolute Gasteiger partial charge is 0.316 e. The normalized spacial score (nSPS) is 11.6. The first-order chi connectivity index (χ1) is 9.51. The number of hydrogen-bond donors (Lipinski definition) is 2. The maximum atomic E-state index is 11.6. The molecule has 0 saturated carbocycles. The van der Waals surface area contributed by atoms with Gasteiger partial charge in [0.1, 0.15) is 12.1 Å². The maximum absolute atomic E-state index is 11.6. The largest absolute Gasteiger partial charge is 0.750 e. The molecule has 0 radical (unpaired) electrons.